The maximum atomic E-state index is 8.95. The summed E-state index contributed by atoms with van der Waals surface area (Å²) in [6.45, 7) is 4.92. The van der Waals surface area contributed by atoms with Crippen molar-refractivity contribution in [1.82, 2.24) is 5.32 Å². The van der Waals surface area contributed by atoms with Gasteiger partial charge in [-0.2, -0.15) is 0 Å². The predicted octanol–water partition coefficient (Wildman–Crippen LogP) is 1.84. The van der Waals surface area contributed by atoms with E-state index in [0.717, 1.165) is 31.7 Å². The second-order valence-corrected chi connectivity index (χ2v) is 4.98. The van der Waals surface area contributed by atoms with Gasteiger partial charge in [0.15, 0.2) is 0 Å². The third-order valence-corrected chi connectivity index (χ3v) is 3.33. The largest absolute Gasteiger partial charge is 0.392 e. The summed E-state index contributed by atoms with van der Waals surface area (Å²) < 4.78 is 5.72. The van der Waals surface area contributed by atoms with Crippen molar-refractivity contribution >= 4 is 0 Å². The van der Waals surface area contributed by atoms with Crippen LogP contribution in [0.25, 0.3) is 0 Å². The zero-order valence-corrected chi connectivity index (χ0v) is 10.4. The number of nitrogens with one attached hydrogen (secondary N) is 1. The van der Waals surface area contributed by atoms with Crippen molar-refractivity contribution in [2.75, 3.05) is 13.2 Å². The highest BCUT2D eigenvalue weighted by molar-refractivity contribution is 5.21. The van der Waals surface area contributed by atoms with Crippen molar-refractivity contribution in [3.8, 4) is 0 Å². The van der Waals surface area contributed by atoms with Crippen LogP contribution in [0.2, 0.25) is 0 Å². The Morgan fingerprint density at radius 2 is 2.00 bits per heavy atom. The van der Waals surface area contributed by atoms with Crippen molar-refractivity contribution in [1.29, 1.82) is 0 Å². The first-order chi connectivity index (χ1) is 8.22. The fourth-order valence-corrected chi connectivity index (χ4v) is 2.21. The van der Waals surface area contributed by atoms with Crippen molar-refractivity contribution in [2.24, 2.45) is 0 Å². The fraction of sp³-hybridized carbons (Fsp3) is 0.571. The molecule has 2 N–H and O–H groups in total. The van der Waals surface area contributed by atoms with Crippen LogP contribution in [0.3, 0.4) is 0 Å². The summed E-state index contributed by atoms with van der Waals surface area (Å²) in [5.41, 5.74) is 2.22. The molecule has 1 fully saturated rings. The van der Waals surface area contributed by atoms with Gasteiger partial charge in [0.05, 0.1) is 12.2 Å². The van der Waals surface area contributed by atoms with E-state index in [4.69, 9.17) is 9.84 Å². The van der Waals surface area contributed by atoms with Crippen molar-refractivity contribution < 1.29 is 9.84 Å². The SMILES string of the molecule is CC1(CNCc2ccc(CO)cc2)CCCO1. The molecule has 0 amide bonds. The van der Waals surface area contributed by atoms with Crippen molar-refractivity contribution in [3.05, 3.63) is 35.4 Å². The minimum Gasteiger partial charge on any atom is -0.392 e. The first kappa shape index (κ1) is 12.6. The third kappa shape index (κ3) is 3.53. The van der Waals surface area contributed by atoms with Crippen LogP contribution in [0.4, 0.5) is 0 Å². The quantitative estimate of drug-likeness (QED) is 0.818. The van der Waals surface area contributed by atoms with E-state index in [9.17, 15) is 0 Å². The molecule has 0 radical (unpaired) electrons. The molecule has 1 aromatic carbocycles. The lowest BCUT2D eigenvalue weighted by Crippen LogP contribution is -2.36. The number of ether oxygens (including phenoxy) is 1. The molecule has 1 aromatic rings. The van der Waals surface area contributed by atoms with Crippen LogP contribution in [-0.2, 0) is 17.9 Å². The van der Waals surface area contributed by atoms with E-state index in [0.29, 0.717) is 0 Å². The second-order valence-electron chi connectivity index (χ2n) is 4.98. The third-order valence-electron chi connectivity index (χ3n) is 3.33. The first-order valence-corrected chi connectivity index (χ1v) is 6.25. The normalized spacial score (nSPS) is 24.1. The lowest BCUT2D eigenvalue weighted by Gasteiger charge is -2.23. The molecule has 3 heteroatoms. The van der Waals surface area contributed by atoms with E-state index in [2.05, 4.69) is 24.4 Å². The van der Waals surface area contributed by atoms with Gasteiger partial charge < -0.3 is 15.2 Å². The average Bonchev–Trinajstić information content (AvgIpc) is 2.77. The molecule has 2 rings (SSSR count). The molecular formula is C14H21NO2. The van der Waals surface area contributed by atoms with Gasteiger partial charge in [-0.25, -0.2) is 0 Å². The summed E-state index contributed by atoms with van der Waals surface area (Å²) in [5.74, 6) is 0. The Morgan fingerprint density at radius 3 is 2.59 bits per heavy atom. The van der Waals surface area contributed by atoms with Gasteiger partial charge in [-0.1, -0.05) is 24.3 Å². The number of aliphatic hydroxyl groups is 1. The van der Waals surface area contributed by atoms with Crippen LogP contribution in [0.5, 0.6) is 0 Å². The first-order valence-electron chi connectivity index (χ1n) is 6.25. The Morgan fingerprint density at radius 1 is 1.29 bits per heavy atom. The van der Waals surface area contributed by atoms with Gasteiger partial charge in [-0.15, -0.1) is 0 Å². The topological polar surface area (TPSA) is 41.5 Å². The summed E-state index contributed by atoms with van der Waals surface area (Å²) >= 11 is 0. The Hall–Kier alpha value is -0.900. The molecule has 0 aliphatic carbocycles. The van der Waals surface area contributed by atoms with E-state index in [1.165, 1.54) is 12.0 Å². The number of rotatable bonds is 5. The molecule has 0 aromatic heterocycles. The lowest BCUT2D eigenvalue weighted by molar-refractivity contribution is 0.0207. The van der Waals surface area contributed by atoms with E-state index >= 15 is 0 Å². The highest BCUT2D eigenvalue weighted by atomic mass is 16.5. The van der Waals surface area contributed by atoms with Crippen LogP contribution in [0.1, 0.15) is 30.9 Å². The molecule has 0 saturated carbocycles. The zero-order chi connectivity index (χ0) is 12.1. The van der Waals surface area contributed by atoms with Crippen LogP contribution in [0.15, 0.2) is 24.3 Å². The highest BCUT2D eigenvalue weighted by Crippen LogP contribution is 2.23. The average molecular weight is 235 g/mol. The van der Waals surface area contributed by atoms with Gasteiger partial charge in [-0.05, 0) is 30.9 Å². The predicted molar refractivity (Wildman–Crippen MR) is 67.7 cm³/mol. The van der Waals surface area contributed by atoms with E-state index < -0.39 is 0 Å². The standard InChI is InChI=1S/C14H21NO2/c1-14(7-2-8-17-14)11-15-9-12-3-5-13(10-16)6-4-12/h3-6,15-16H,2,7-11H2,1H3. The van der Waals surface area contributed by atoms with E-state index in [1.807, 2.05) is 12.1 Å². The van der Waals surface area contributed by atoms with Gasteiger partial charge in [-0.3, -0.25) is 0 Å². The highest BCUT2D eigenvalue weighted by Gasteiger charge is 2.28. The maximum absolute atomic E-state index is 8.95. The van der Waals surface area contributed by atoms with Gasteiger partial charge in [0.1, 0.15) is 0 Å². The summed E-state index contributed by atoms with van der Waals surface area (Å²) in [7, 11) is 0. The van der Waals surface area contributed by atoms with Gasteiger partial charge in [0, 0.05) is 19.7 Å². The monoisotopic (exact) mass is 235 g/mol. The molecule has 1 unspecified atom stereocenters. The number of hydrogen-bond acceptors (Lipinski definition) is 3. The van der Waals surface area contributed by atoms with Crippen LogP contribution < -0.4 is 5.32 Å². The van der Waals surface area contributed by atoms with Crippen LogP contribution in [0, 0.1) is 0 Å². The van der Waals surface area contributed by atoms with Crippen molar-refractivity contribution in [2.45, 2.75) is 38.5 Å². The molecule has 1 saturated heterocycles. The number of aliphatic hydroxyl groups excluding tert-OH is 1. The van der Waals surface area contributed by atoms with Gasteiger partial charge in [0.2, 0.25) is 0 Å². The van der Waals surface area contributed by atoms with Crippen LogP contribution >= 0.6 is 0 Å². The second kappa shape index (κ2) is 5.63. The van der Waals surface area contributed by atoms with Crippen molar-refractivity contribution in [3.63, 3.8) is 0 Å². The maximum Gasteiger partial charge on any atom is 0.0779 e. The summed E-state index contributed by atoms with van der Waals surface area (Å²) in [5, 5.41) is 12.4. The molecule has 1 aliphatic rings. The molecule has 94 valence electrons. The molecule has 1 atom stereocenters. The molecule has 1 aliphatic heterocycles. The smallest absolute Gasteiger partial charge is 0.0779 e. The van der Waals surface area contributed by atoms with E-state index in [1.54, 1.807) is 0 Å². The minimum absolute atomic E-state index is 0.0189. The molecular weight excluding hydrogens is 214 g/mol. The minimum atomic E-state index is 0.0189. The lowest BCUT2D eigenvalue weighted by atomic mass is 10.0. The zero-order valence-electron chi connectivity index (χ0n) is 10.4. The summed E-state index contributed by atoms with van der Waals surface area (Å²) in [6.07, 6.45) is 2.31. The molecule has 0 bridgehead atoms. The summed E-state index contributed by atoms with van der Waals surface area (Å²) in [6, 6.07) is 8.03. The summed E-state index contributed by atoms with van der Waals surface area (Å²) in [4.78, 5) is 0. The Kier molecular flexibility index (Phi) is 4.15. The molecule has 1 heterocycles. The Balaban J connectivity index is 1.77. The van der Waals surface area contributed by atoms with E-state index in [-0.39, 0.29) is 12.2 Å². The Bertz CT molecular complexity index is 342. The Labute approximate surface area is 103 Å². The van der Waals surface area contributed by atoms with Gasteiger partial charge in [0.25, 0.3) is 0 Å². The van der Waals surface area contributed by atoms with Crippen LogP contribution in [-0.4, -0.2) is 23.9 Å². The molecule has 0 spiro atoms. The number of hydrogen-bond donors (Lipinski definition) is 2. The fourth-order valence-electron chi connectivity index (χ4n) is 2.21. The molecule has 17 heavy (non-hydrogen) atoms. The molecule has 3 nitrogen and oxygen atoms in total. The van der Waals surface area contributed by atoms with Gasteiger partial charge >= 0.3 is 0 Å². The number of benzene rings is 1.